The number of rotatable bonds is 12. The van der Waals surface area contributed by atoms with E-state index in [2.05, 4.69) is 34.6 Å². The molecule has 4 aliphatic carbocycles. The molecule has 0 radical (unpaired) electrons. The van der Waals surface area contributed by atoms with E-state index in [9.17, 15) is 30.0 Å². The lowest BCUT2D eigenvalue weighted by atomic mass is 9.44. The molecule has 2 aromatic carbocycles. The van der Waals surface area contributed by atoms with Gasteiger partial charge >= 0.3 is 11.9 Å². The Bertz CT molecular complexity index is 1660. The van der Waals surface area contributed by atoms with Crippen LogP contribution in [0, 0.1) is 58.2 Å². The molecule has 0 amide bonds. The summed E-state index contributed by atoms with van der Waals surface area (Å²) in [4.78, 5) is 23.9. The monoisotopic (exact) mass is 766 g/mol. The van der Waals surface area contributed by atoms with Crippen molar-refractivity contribution in [2.45, 2.75) is 125 Å². The molecule has 4 saturated carbocycles. The lowest BCUT2D eigenvalue weighted by Gasteiger charge is -2.61. The fraction of sp³-hybridized carbons (Fsp3) is 0.644. The van der Waals surface area contributed by atoms with Crippen LogP contribution >= 0.6 is 23.2 Å². The lowest BCUT2D eigenvalue weighted by molar-refractivity contribution is -0.121. The van der Waals surface area contributed by atoms with Crippen LogP contribution < -0.4 is 0 Å². The van der Waals surface area contributed by atoms with Gasteiger partial charge in [-0.1, -0.05) is 83.2 Å². The van der Waals surface area contributed by atoms with Crippen LogP contribution in [0.4, 0.5) is 0 Å². The lowest BCUT2D eigenvalue weighted by Crippen LogP contribution is -2.53. The number of fused-ring (bicyclic) bond motifs is 5. The number of halogens is 2. The first kappa shape index (κ1) is 40.0. The third-order valence-electron chi connectivity index (χ3n) is 15.1. The minimum atomic E-state index is -1.33. The molecule has 7 unspecified atom stereocenters. The Balaban J connectivity index is 1.17. The second kappa shape index (κ2) is 15.8. The highest BCUT2D eigenvalue weighted by molar-refractivity contribution is 6.33. The van der Waals surface area contributed by atoms with E-state index in [0.29, 0.717) is 39.9 Å². The average Bonchev–Trinajstić information content (AvgIpc) is 3.46. The predicted octanol–water partition coefficient (Wildman–Crippen LogP) is 12.8. The quantitative estimate of drug-likeness (QED) is 0.171. The van der Waals surface area contributed by atoms with Gasteiger partial charge < -0.3 is 20.4 Å². The van der Waals surface area contributed by atoms with E-state index >= 15 is 0 Å². The van der Waals surface area contributed by atoms with Gasteiger partial charge in [0.05, 0.1) is 10.0 Å². The first-order valence-electron chi connectivity index (χ1n) is 20.3. The van der Waals surface area contributed by atoms with E-state index in [-0.39, 0.29) is 21.2 Å². The van der Waals surface area contributed by atoms with E-state index < -0.39 is 23.4 Å². The number of carboxylic acids is 2. The topological polar surface area (TPSA) is 115 Å². The number of phenols is 2. The van der Waals surface area contributed by atoms with Crippen LogP contribution in [0.15, 0.2) is 30.3 Å². The zero-order valence-corrected chi connectivity index (χ0v) is 33.8. The SMILES string of the molecule is CC(C)CCCC(C)C1CCC2C3CCC4CC(CCC=C(c5cc(Cl)c(O)c(C(=O)O)c5)c5cc(Cl)c(O)c(C(=O)O)c5)CC[C@]4(C)C3CC[C@]12C. The molecule has 4 fully saturated rings. The van der Waals surface area contributed by atoms with Gasteiger partial charge in [0.2, 0.25) is 0 Å². The number of carbonyl (C=O) groups is 2. The Hall–Kier alpha value is -2.70. The van der Waals surface area contributed by atoms with Gasteiger partial charge in [-0.15, -0.1) is 0 Å². The summed E-state index contributed by atoms with van der Waals surface area (Å²) in [6.07, 6.45) is 19.8. The molecule has 0 saturated heterocycles. The molecule has 0 heterocycles. The second-order valence-corrected chi connectivity index (χ2v) is 19.2. The maximum Gasteiger partial charge on any atom is 0.339 e. The fourth-order valence-corrected chi connectivity index (χ4v) is 12.8. The van der Waals surface area contributed by atoms with Crippen LogP contribution in [0.1, 0.15) is 156 Å². The van der Waals surface area contributed by atoms with Crippen molar-refractivity contribution in [3.8, 4) is 11.5 Å². The molecule has 2 aromatic rings. The number of benzene rings is 2. The summed E-state index contributed by atoms with van der Waals surface area (Å²) >= 11 is 12.6. The van der Waals surface area contributed by atoms with Crippen LogP contribution in [0.3, 0.4) is 0 Å². The van der Waals surface area contributed by atoms with Gasteiger partial charge in [0.25, 0.3) is 0 Å². The molecule has 0 spiro atoms. The Morgan fingerprint density at radius 1 is 0.792 bits per heavy atom. The molecule has 0 aromatic heterocycles. The molecular weight excluding hydrogens is 707 g/mol. The van der Waals surface area contributed by atoms with Gasteiger partial charge in [-0.3, -0.25) is 0 Å². The molecule has 53 heavy (non-hydrogen) atoms. The van der Waals surface area contributed by atoms with E-state index in [1.54, 1.807) is 0 Å². The number of carboxylic acid groups (broad SMARTS) is 2. The zero-order valence-electron chi connectivity index (χ0n) is 32.3. The average molecular weight is 768 g/mol. The molecule has 8 heteroatoms. The molecule has 4 N–H and O–H groups in total. The molecule has 9 atom stereocenters. The standard InChI is InChI=1S/C45H60Cl2O6/c1-25(2)8-6-9-26(3)35-14-15-36-32-13-12-30-20-27(16-18-44(30,4)37(32)17-19-45(35,36)5)10-7-11-31(28-21-33(42(50)51)40(48)38(46)23-28)29-22-34(43(52)53)41(49)39(47)24-29/h11,21-27,30,32,35-37,48-49H,6-10,12-20H2,1-5H3,(H,50,51)(H,52,53)/t26?,27?,30?,32?,35?,36?,37?,44-,45+/m0/s1. The highest BCUT2D eigenvalue weighted by atomic mass is 35.5. The summed E-state index contributed by atoms with van der Waals surface area (Å²) in [6.45, 7) is 12.6. The molecule has 6 nitrogen and oxygen atoms in total. The van der Waals surface area contributed by atoms with Crippen molar-refractivity contribution in [1.82, 2.24) is 0 Å². The van der Waals surface area contributed by atoms with Crippen molar-refractivity contribution >= 4 is 40.7 Å². The number of hydrogen-bond donors (Lipinski definition) is 4. The highest BCUT2D eigenvalue weighted by Gasteiger charge is 2.60. The van der Waals surface area contributed by atoms with Crippen molar-refractivity contribution in [2.75, 3.05) is 0 Å². The van der Waals surface area contributed by atoms with Gasteiger partial charge in [-0.2, -0.15) is 0 Å². The number of allylic oxidation sites excluding steroid dienone is 1. The maximum atomic E-state index is 12.0. The Kier molecular flexibility index (Phi) is 11.9. The molecular formula is C45H60Cl2O6. The smallest absolute Gasteiger partial charge is 0.339 e. The maximum absolute atomic E-state index is 12.0. The van der Waals surface area contributed by atoms with E-state index in [4.69, 9.17) is 23.2 Å². The summed E-state index contributed by atoms with van der Waals surface area (Å²) in [5.41, 5.74) is 1.58. The van der Waals surface area contributed by atoms with Crippen molar-refractivity contribution in [2.24, 2.45) is 58.2 Å². The van der Waals surface area contributed by atoms with Crippen LogP contribution in [-0.4, -0.2) is 32.4 Å². The predicted molar refractivity (Wildman–Crippen MR) is 213 cm³/mol. The molecule has 4 aliphatic rings. The summed E-state index contributed by atoms with van der Waals surface area (Å²) in [7, 11) is 0. The van der Waals surface area contributed by atoms with Gasteiger partial charge in [0.15, 0.2) is 0 Å². The summed E-state index contributed by atoms with van der Waals surface area (Å²) < 4.78 is 0. The van der Waals surface area contributed by atoms with Gasteiger partial charge in [-0.05, 0) is 170 Å². The van der Waals surface area contributed by atoms with Crippen LogP contribution in [-0.2, 0) is 0 Å². The van der Waals surface area contributed by atoms with Crippen LogP contribution in [0.25, 0.3) is 5.57 Å². The molecule has 0 bridgehead atoms. The van der Waals surface area contributed by atoms with Crippen LogP contribution in [0.2, 0.25) is 10.0 Å². The fourth-order valence-electron chi connectivity index (χ4n) is 12.3. The first-order chi connectivity index (χ1) is 25.0. The third-order valence-corrected chi connectivity index (χ3v) is 15.7. The number of hydrogen-bond acceptors (Lipinski definition) is 4. The zero-order chi connectivity index (χ0) is 38.4. The summed E-state index contributed by atoms with van der Waals surface area (Å²) in [5.74, 6) is 2.64. The summed E-state index contributed by atoms with van der Waals surface area (Å²) in [5, 5.41) is 40.0. The van der Waals surface area contributed by atoms with Gasteiger partial charge in [0, 0.05) is 0 Å². The third kappa shape index (κ3) is 7.75. The van der Waals surface area contributed by atoms with E-state index in [0.717, 1.165) is 47.8 Å². The van der Waals surface area contributed by atoms with Gasteiger partial charge in [0.1, 0.15) is 22.6 Å². The molecule has 290 valence electrons. The largest absolute Gasteiger partial charge is 0.505 e. The van der Waals surface area contributed by atoms with E-state index in [1.165, 1.54) is 101 Å². The second-order valence-electron chi connectivity index (χ2n) is 18.3. The van der Waals surface area contributed by atoms with Crippen molar-refractivity contribution < 1.29 is 30.0 Å². The Labute approximate surface area is 326 Å². The number of aromatic carboxylic acids is 2. The highest BCUT2D eigenvalue weighted by Crippen LogP contribution is 2.69. The van der Waals surface area contributed by atoms with Crippen LogP contribution in [0.5, 0.6) is 11.5 Å². The van der Waals surface area contributed by atoms with Gasteiger partial charge in [-0.25, -0.2) is 9.59 Å². The van der Waals surface area contributed by atoms with Crippen molar-refractivity contribution in [1.29, 1.82) is 0 Å². The minimum absolute atomic E-state index is 0.122. The van der Waals surface area contributed by atoms with Crippen molar-refractivity contribution in [3.63, 3.8) is 0 Å². The molecule has 0 aliphatic heterocycles. The number of aromatic hydroxyl groups is 2. The first-order valence-corrected chi connectivity index (χ1v) is 21.0. The minimum Gasteiger partial charge on any atom is -0.505 e. The summed E-state index contributed by atoms with van der Waals surface area (Å²) in [6, 6.07) is 5.65. The van der Waals surface area contributed by atoms with E-state index in [1.807, 2.05) is 6.08 Å². The molecule has 6 rings (SSSR count). The Morgan fingerprint density at radius 2 is 1.38 bits per heavy atom. The Morgan fingerprint density at radius 3 is 1.96 bits per heavy atom. The normalized spacial score (nSPS) is 31.3. The van der Waals surface area contributed by atoms with Crippen molar-refractivity contribution in [3.05, 3.63) is 62.6 Å².